The minimum atomic E-state index is -0.701. The fraction of sp³-hybridized carbons (Fsp3) is 0.370. The van der Waals surface area contributed by atoms with Crippen molar-refractivity contribution in [2.24, 2.45) is 5.92 Å². The van der Waals surface area contributed by atoms with Crippen molar-refractivity contribution >= 4 is 0 Å². The molecule has 0 radical (unpaired) electrons. The smallest absolute Gasteiger partial charge is 0.227 e. The lowest BCUT2D eigenvalue weighted by atomic mass is 10.1. The van der Waals surface area contributed by atoms with E-state index in [4.69, 9.17) is 21.0 Å². The van der Waals surface area contributed by atoms with Crippen LogP contribution in [-0.2, 0) is 11.3 Å². The first-order chi connectivity index (χ1) is 16.4. The summed E-state index contributed by atoms with van der Waals surface area (Å²) in [6.45, 7) is 8.04. The van der Waals surface area contributed by atoms with Crippen molar-refractivity contribution in [1.82, 2.24) is 14.7 Å². The van der Waals surface area contributed by atoms with Crippen molar-refractivity contribution in [2.45, 2.75) is 33.4 Å². The van der Waals surface area contributed by atoms with E-state index in [2.05, 4.69) is 24.7 Å². The molecule has 1 N–H and O–H groups in total. The average molecular weight is 466 g/mol. The standard InChI is InChI=1S/C27H32FN3O3/c1-5-15-33-19-23(32)17-30(16-20(2)3)18-24-21(4)29-31(22-11-7-6-8-12-22)27(24)34-26-14-10-9-13-25(26)28/h1,6-14,20,23,32H,15-19H2,2-4H3/t23-/m0/s1. The summed E-state index contributed by atoms with van der Waals surface area (Å²) < 4.78 is 27.6. The number of rotatable bonds is 12. The summed E-state index contributed by atoms with van der Waals surface area (Å²) in [5, 5.41) is 15.2. The third kappa shape index (κ3) is 6.91. The van der Waals surface area contributed by atoms with Gasteiger partial charge in [-0.1, -0.05) is 50.1 Å². The zero-order valence-electron chi connectivity index (χ0n) is 19.9. The average Bonchev–Trinajstić information content (AvgIpc) is 3.10. The Hall–Kier alpha value is -3.18. The molecule has 1 heterocycles. The molecule has 3 rings (SSSR count). The van der Waals surface area contributed by atoms with Crippen molar-refractivity contribution in [2.75, 3.05) is 26.3 Å². The Morgan fingerprint density at radius 3 is 2.50 bits per heavy atom. The highest BCUT2D eigenvalue weighted by molar-refractivity contribution is 5.43. The number of halogens is 1. The van der Waals surface area contributed by atoms with Crippen molar-refractivity contribution in [3.8, 4) is 29.7 Å². The van der Waals surface area contributed by atoms with Crippen LogP contribution < -0.4 is 4.74 Å². The van der Waals surface area contributed by atoms with E-state index in [0.29, 0.717) is 24.9 Å². The van der Waals surface area contributed by atoms with Gasteiger partial charge in [-0.3, -0.25) is 4.90 Å². The molecule has 0 aliphatic heterocycles. The van der Waals surface area contributed by atoms with Gasteiger partial charge in [0.15, 0.2) is 11.6 Å². The lowest BCUT2D eigenvalue weighted by molar-refractivity contribution is 0.0236. The summed E-state index contributed by atoms with van der Waals surface area (Å²) in [6, 6.07) is 15.9. The summed E-state index contributed by atoms with van der Waals surface area (Å²) in [6.07, 6.45) is 4.52. The molecule has 0 aliphatic carbocycles. The predicted octanol–water partition coefficient (Wildman–Crippen LogP) is 4.58. The number of hydrogen-bond acceptors (Lipinski definition) is 5. The van der Waals surface area contributed by atoms with E-state index in [1.807, 2.05) is 37.3 Å². The number of aliphatic hydroxyl groups is 1. The predicted molar refractivity (Wildman–Crippen MR) is 131 cm³/mol. The molecule has 6 nitrogen and oxygen atoms in total. The Morgan fingerprint density at radius 2 is 1.82 bits per heavy atom. The normalized spacial score (nSPS) is 12.2. The first-order valence-electron chi connectivity index (χ1n) is 11.4. The van der Waals surface area contributed by atoms with Crippen LogP contribution in [0.15, 0.2) is 54.6 Å². The molecular formula is C27H32FN3O3. The van der Waals surface area contributed by atoms with E-state index >= 15 is 0 Å². The van der Waals surface area contributed by atoms with Crippen molar-refractivity contribution < 1.29 is 19.0 Å². The molecule has 7 heteroatoms. The highest BCUT2D eigenvalue weighted by atomic mass is 19.1. The molecule has 0 spiro atoms. The van der Waals surface area contributed by atoms with Gasteiger partial charge in [0.05, 0.1) is 29.7 Å². The van der Waals surface area contributed by atoms with Crippen molar-refractivity contribution in [1.29, 1.82) is 0 Å². The number of benzene rings is 2. The maximum atomic E-state index is 14.5. The quantitative estimate of drug-likeness (QED) is 0.313. The zero-order valence-corrected chi connectivity index (χ0v) is 19.9. The zero-order chi connectivity index (χ0) is 24.5. The van der Waals surface area contributed by atoms with Crippen LogP contribution in [-0.4, -0.2) is 52.2 Å². The Morgan fingerprint density at radius 1 is 1.12 bits per heavy atom. The van der Waals surface area contributed by atoms with E-state index in [0.717, 1.165) is 23.5 Å². The van der Waals surface area contributed by atoms with Crippen LogP contribution in [0.25, 0.3) is 5.69 Å². The summed E-state index contributed by atoms with van der Waals surface area (Å²) in [4.78, 5) is 2.13. The number of aliphatic hydroxyl groups excluding tert-OH is 1. The second kappa shape index (κ2) is 12.3. The van der Waals surface area contributed by atoms with Crippen LogP contribution in [0.4, 0.5) is 4.39 Å². The molecular weight excluding hydrogens is 433 g/mol. The molecule has 180 valence electrons. The lowest BCUT2D eigenvalue weighted by Crippen LogP contribution is -2.37. The molecule has 34 heavy (non-hydrogen) atoms. The van der Waals surface area contributed by atoms with Crippen LogP contribution >= 0.6 is 0 Å². The summed E-state index contributed by atoms with van der Waals surface area (Å²) >= 11 is 0. The van der Waals surface area contributed by atoms with Crippen LogP contribution in [0.3, 0.4) is 0 Å². The molecule has 1 atom stereocenters. The van der Waals surface area contributed by atoms with E-state index in [9.17, 15) is 9.50 Å². The van der Waals surface area contributed by atoms with E-state index in [1.165, 1.54) is 6.07 Å². The maximum Gasteiger partial charge on any atom is 0.227 e. The largest absolute Gasteiger partial charge is 0.435 e. The molecule has 0 bridgehead atoms. The Kier molecular flexibility index (Phi) is 9.23. The maximum absolute atomic E-state index is 14.5. The van der Waals surface area contributed by atoms with E-state index in [1.54, 1.807) is 22.9 Å². The lowest BCUT2D eigenvalue weighted by Gasteiger charge is -2.27. The molecule has 0 fully saturated rings. The fourth-order valence-corrected chi connectivity index (χ4v) is 3.75. The van der Waals surface area contributed by atoms with Crippen molar-refractivity contribution in [3.05, 3.63) is 71.7 Å². The summed E-state index contributed by atoms with van der Waals surface area (Å²) in [7, 11) is 0. The van der Waals surface area contributed by atoms with Gasteiger partial charge >= 0.3 is 0 Å². The molecule has 0 unspecified atom stereocenters. The van der Waals surface area contributed by atoms with Crippen molar-refractivity contribution in [3.63, 3.8) is 0 Å². The molecule has 0 aliphatic rings. The number of para-hydroxylation sites is 2. The van der Waals surface area contributed by atoms with Crippen LogP contribution in [0.1, 0.15) is 25.1 Å². The minimum absolute atomic E-state index is 0.124. The fourth-order valence-electron chi connectivity index (χ4n) is 3.75. The van der Waals surface area contributed by atoms with Crippen LogP contribution in [0.5, 0.6) is 11.6 Å². The number of aromatic nitrogens is 2. The van der Waals surface area contributed by atoms with Gasteiger partial charge in [0, 0.05) is 19.6 Å². The second-order valence-electron chi connectivity index (χ2n) is 8.61. The monoisotopic (exact) mass is 465 g/mol. The molecule has 3 aromatic rings. The Balaban J connectivity index is 1.95. The topological polar surface area (TPSA) is 59.8 Å². The molecule has 0 saturated heterocycles. The first-order valence-corrected chi connectivity index (χ1v) is 11.4. The van der Waals surface area contributed by atoms with Gasteiger partial charge in [-0.05, 0) is 37.1 Å². The molecule has 0 amide bonds. The van der Waals surface area contributed by atoms with Gasteiger partial charge in [-0.25, -0.2) is 9.07 Å². The number of nitrogens with zero attached hydrogens (tertiary/aromatic N) is 3. The second-order valence-corrected chi connectivity index (χ2v) is 8.61. The third-order valence-corrected chi connectivity index (χ3v) is 5.15. The minimum Gasteiger partial charge on any atom is -0.435 e. The highest BCUT2D eigenvalue weighted by Gasteiger charge is 2.23. The first kappa shape index (κ1) is 25.4. The number of terminal acetylenes is 1. The van der Waals surface area contributed by atoms with Crippen LogP contribution in [0.2, 0.25) is 0 Å². The van der Waals surface area contributed by atoms with Gasteiger partial charge in [-0.15, -0.1) is 6.42 Å². The van der Waals surface area contributed by atoms with Gasteiger partial charge in [0.25, 0.3) is 0 Å². The van der Waals surface area contributed by atoms with E-state index in [-0.39, 0.29) is 19.0 Å². The van der Waals surface area contributed by atoms with Crippen LogP contribution in [0, 0.1) is 31.0 Å². The third-order valence-electron chi connectivity index (χ3n) is 5.15. The van der Waals surface area contributed by atoms with Gasteiger partial charge in [0.2, 0.25) is 5.88 Å². The van der Waals surface area contributed by atoms with Gasteiger partial charge < -0.3 is 14.6 Å². The number of aryl methyl sites for hydroxylation is 1. The molecule has 2 aromatic carbocycles. The number of ether oxygens (including phenoxy) is 2. The Bertz CT molecular complexity index is 1090. The van der Waals surface area contributed by atoms with Gasteiger partial charge in [-0.2, -0.15) is 5.10 Å². The number of hydrogen-bond donors (Lipinski definition) is 1. The highest BCUT2D eigenvalue weighted by Crippen LogP contribution is 2.32. The van der Waals surface area contributed by atoms with E-state index < -0.39 is 11.9 Å². The Labute approximate surface area is 200 Å². The molecule has 0 saturated carbocycles. The molecule has 1 aromatic heterocycles. The summed E-state index contributed by atoms with van der Waals surface area (Å²) in [5.74, 6) is 2.88. The van der Waals surface area contributed by atoms with Gasteiger partial charge in [0.1, 0.15) is 6.61 Å². The summed E-state index contributed by atoms with van der Waals surface area (Å²) in [5.41, 5.74) is 2.40. The SMILES string of the molecule is C#CCOC[C@@H](O)CN(Cc1c(C)nn(-c2ccccc2)c1Oc1ccccc1F)CC(C)C.